The van der Waals surface area contributed by atoms with Crippen molar-refractivity contribution in [1.82, 2.24) is 4.98 Å². The number of carbonyl (C=O) groups is 2. The number of aliphatic carboxylic acids is 1. The summed E-state index contributed by atoms with van der Waals surface area (Å²) in [7, 11) is 0. The molecule has 0 spiro atoms. The molecule has 0 radical (unpaired) electrons. The van der Waals surface area contributed by atoms with Gasteiger partial charge in [-0.1, -0.05) is 26.0 Å². The highest BCUT2D eigenvalue weighted by Gasteiger charge is 2.13. The number of aromatic nitrogens is 1. The van der Waals surface area contributed by atoms with E-state index in [9.17, 15) is 9.59 Å². The van der Waals surface area contributed by atoms with Crippen molar-refractivity contribution in [3.8, 4) is 5.75 Å². The van der Waals surface area contributed by atoms with E-state index in [0.29, 0.717) is 17.4 Å². The molecule has 1 aromatic heterocycles. The van der Waals surface area contributed by atoms with Gasteiger partial charge in [0.2, 0.25) is 5.78 Å². The second kappa shape index (κ2) is 7.17. The number of hydrogen-bond acceptors (Lipinski definition) is 5. The number of Topliss-reactive ketones (excluding diaryl/α,β-unsaturated/α-hetero) is 1. The van der Waals surface area contributed by atoms with Crippen molar-refractivity contribution >= 4 is 23.1 Å². The normalized spacial score (nSPS) is 10.7. The molecule has 0 aliphatic carbocycles. The first-order chi connectivity index (χ1) is 10.5. The fraction of sp³-hybridized carbons (Fsp3) is 0.312. The minimum atomic E-state index is -0.967. The van der Waals surface area contributed by atoms with Gasteiger partial charge in [-0.15, -0.1) is 11.3 Å². The van der Waals surface area contributed by atoms with Crippen LogP contribution in [0.4, 0.5) is 0 Å². The van der Waals surface area contributed by atoms with Crippen molar-refractivity contribution in [2.24, 2.45) is 0 Å². The molecule has 2 rings (SSSR count). The fourth-order valence-corrected chi connectivity index (χ4v) is 2.57. The quantitative estimate of drug-likeness (QED) is 0.793. The van der Waals surface area contributed by atoms with Crippen LogP contribution in [0.5, 0.6) is 5.75 Å². The number of rotatable bonds is 7. The van der Waals surface area contributed by atoms with Crippen LogP contribution in [0.15, 0.2) is 29.6 Å². The van der Waals surface area contributed by atoms with Crippen LogP contribution in [0.3, 0.4) is 0 Å². The zero-order chi connectivity index (χ0) is 16.1. The van der Waals surface area contributed by atoms with Crippen LogP contribution in [-0.2, 0) is 11.2 Å². The third-order valence-corrected chi connectivity index (χ3v) is 3.97. The van der Waals surface area contributed by atoms with Gasteiger partial charge in [-0.3, -0.25) is 9.59 Å². The smallest absolute Gasteiger partial charge is 0.309 e. The van der Waals surface area contributed by atoms with E-state index in [-0.39, 0.29) is 23.8 Å². The first kappa shape index (κ1) is 16.2. The van der Waals surface area contributed by atoms with Gasteiger partial charge in [0.1, 0.15) is 5.75 Å². The second-order valence-corrected chi connectivity index (χ2v) is 6.01. The van der Waals surface area contributed by atoms with Crippen LogP contribution in [0.1, 0.15) is 40.8 Å². The molecule has 0 saturated heterocycles. The molecule has 1 aromatic carbocycles. The van der Waals surface area contributed by atoms with E-state index >= 15 is 0 Å². The molecular formula is C16H17NO4S. The standard InChI is InChI=1S/C16H17NO4S/c1-10(2)11-3-5-13(6-4-11)21-8-14(18)16-17-12(9-22-16)7-15(19)20/h3-6,9-10H,7-8H2,1-2H3,(H,19,20). The summed E-state index contributed by atoms with van der Waals surface area (Å²) in [6.45, 7) is 4.11. The van der Waals surface area contributed by atoms with E-state index < -0.39 is 5.97 Å². The van der Waals surface area contributed by atoms with Crippen molar-refractivity contribution in [3.05, 3.63) is 45.9 Å². The predicted molar refractivity (Wildman–Crippen MR) is 83.8 cm³/mol. The minimum Gasteiger partial charge on any atom is -0.485 e. The third-order valence-electron chi connectivity index (χ3n) is 3.04. The molecule has 0 saturated carbocycles. The van der Waals surface area contributed by atoms with Gasteiger partial charge in [0.25, 0.3) is 0 Å². The van der Waals surface area contributed by atoms with Gasteiger partial charge in [0.15, 0.2) is 11.6 Å². The highest BCUT2D eigenvalue weighted by Crippen LogP contribution is 2.19. The summed E-state index contributed by atoms with van der Waals surface area (Å²) in [6, 6.07) is 7.61. The molecule has 5 nitrogen and oxygen atoms in total. The molecule has 6 heteroatoms. The number of carboxylic acids is 1. The monoisotopic (exact) mass is 319 g/mol. The Bertz CT molecular complexity index is 661. The number of thiazole rings is 1. The fourth-order valence-electron chi connectivity index (χ4n) is 1.83. The number of carboxylic acid groups (broad SMARTS) is 1. The Morgan fingerprint density at radius 1 is 1.27 bits per heavy atom. The van der Waals surface area contributed by atoms with E-state index in [1.165, 1.54) is 5.56 Å². The van der Waals surface area contributed by atoms with Crippen molar-refractivity contribution in [3.63, 3.8) is 0 Å². The van der Waals surface area contributed by atoms with Crippen LogP contribution < -0.4 is 4.74 Å². The van der Waals surface area contributed by atoms with Crippen LogP contribution in [0.25, 0.3) is 0 Å². The molecule has 0 bridgehead atoms. The predicted octanol–water partition coefficient (Wildman–Crippen LogP) is 3.16. The van der Waals surface area contributed by atoms with E-state index in [2.05, 4.69) is 18.8 Å². The Hall–Kier alpha value is -2.21. The summed E-state index contributed by atoms with van der Waals surface area (Å²) in [5, 5.41) is 10.5. The molecule has 1 N–H and O–H groups in total. The average Bonchev–Trinajstić information content (AvgIpc) is 2.93. The molecule has 0 atom stereocenters. The molecule has 0 amide bonds. The number of hydrogen-bond donors (Lipinski definition) is 1. The summed E-state index contributed by atoms with van der Waals surface area (Å²) >= 11 is 1.14. The van der Waals surface area contributed by atoms with Crippen molar-refractivity contribution < 1.29 is 19.4 Å². The molecule has 22 heavy (non-hydrogen) atoms. The first-order valence-corrected chi connectivity index (χ1v) is 7.76. The number of benzene rings is 1. The molecule has 0 unspecified atom stereocenters. The molecule has 0 fully saturated rings. The maximum Gasteiger partial charge on any atom is 0.309 e. The molecule has 0 aliphatic rings. The van der Waals surface area contributed by atoms with Crippen molar-refractivity contribution in [2.75, 3.05) is 6.61 Å². The molecule has 116 valence electrons. The maximum atomic E-state index is 12.0. The second-order valence-electron chi connectivity index (χ2n) is 5.15. The molecule has 2 aromatic rings. The summed E-state index contributed by atoms with van der Waals surface area (Å²) in [5.41, 5.74) is 1.60. The summed E-state index contributed by atoms with van der Waals surface area (Å²) < 4.78 is 5.45. The first-order valence-electron chi connectivity index (χ1n) is 6.88. The van der Waals surface area contributed by atoms with Crippen molar-refractivity contribution in [1.29, 1.82) is 0 Å². The Balaban J connectivity index is 1.92. The van der Waals surface area contributed by atoms with Gasteiger partial charge < -0.3 is 9.84 Å². The minimum absolute atomic E-state index is 0.110. The number of ketones is 1. The Labute approximate surface area is 132 Å². The molecule has 1 heterocycles. The summed E-state index contributed by atoms with van der Waals surface area (Å²) in [4.78, 5) is 26.6. The van der Waals surface area contributed by atoms with E-state index in [1.807, 2.05) is 24.3 Å². The Morgan fingerprint density at radius 2 is 1.95 bits per heavy atom. The number of ether oxygens (including phenoxy) is 1. The zero-order valence-electron chi connectivity index (χ0n) is 12.4. The maximum absolute atomic E-state index is 12.0. The lowest BCUT2D eigenvalue weighted by Gasteiger charge is -2.07. The lowest BCUT2D eigenvalue weighted by atomic mass is 10.0. The van der Waals surface area contributed by atoms with E-state index in [4.69, 9.17) is 9.84 Å². The Kier molecular flexibility index (Phi) is 5.27. The summed E-state index contributed by atoms with van der Waals surface area (Å²) in [6.07, 6.45) is -0.179. The topological polar surface area (TPSA) is 76.5 Å². The lowest BCUT2D eigenvalue weighted by Crippen LogP contribution is -2.11. The SMILES string of the molecule is CC(C)c1ccc(OCC(=O)c2nc(CC(=O)O)cs2)cc1. The molecular weight excluding hydrogens is 302 g/mol. The van der Waals surface area contributed by atoms with Crippen molar-refractivity contribution in [2.45, 2.75) is 26.2 Å². The number of nitrogens with zero attached hydrogens (tertiary/aromatic N) is 1. The largest absolute Gasteiger partial charge is 0.485 e. The zero-order valence-corrected chi connectivity index (χ0v) is 13.2. The van der Waals surface area contributed by atoms with Crippen LogP contribution in [0, 0.1) is 0 Å². The van der Waals surface area contributed by atoms with E-state index in [1.54, 1.807) is 5.38 Å². The lowest BCUT2D eigenvalue weighted by molar-refractivity contribution is -0.136. The van der Waals surface area contributed by atoms with Crippen LogP contribution in [0.2, 0.25) is 0 Å². The van der Waals surface area contributed by atoms with E-state index in [0.717, 1.165) is 11.3 Å². The van der Waals surface area contributed by atoms with Gasteiger partial charge in [0, 0.05) is 5.38 Å². The average molecular weight is 319 g/mol. The van der Waals surface area contributed by atoms with Gasteiger partial charge >= 0.3 is 5.97 Å². The Morgan fingerprint density at radius 3 is 2.55 bits per heavy atom. The number of carbonyl (C=O) groups excluding carboxylic acids is 1. The van der Waals surface area contributed by atoms with Crippen LogP contribution >= 0.6 is 11.3 Å². The summed E-state index contributed by atoms with van der Waals surface area (Å²) in [5.74, 6) is -0.154. The molecule has 0 aliphatic heterocycles. The van der Waals surface area contributed by atoms with Crippen LogP contribution in [-0.4, -0.2) is 28.4 Å². The third kappa shape index (κ3) is 4.39. The van der Waals surface area contributed by atoms with Gasteiger partial charge in [-0.05, 0) is 23.6 Å². The van der Waals surface area contributed by atoms with Gasteiger partial charge in [0.05, 0.1) is 12.1 Å². The highest BCUT2D eigenvalue weighted by molar-refractivity contribution is 7.11. The highest BCUT2D eigenvalue weighted by atomic mass is 32.1. The van der Waals surface area contributed by atoms with Gasteiger partial charge in [-0.2, -0.15) is 0 Å². The van der Waals surface area contributed by atoms with Gasteiger partial charge in [-0.25, -0.2) is 4.98 Å².